The van der Waals surface area contributed by atoms with Gasteiger partial charge in [0.1, 0.15) is 13.2 Å². The van der Waals surface area contributed by atoms with Crippen LogP contribution in [0.25, 0.3) is 11.5 Å². The Morgan fingerprint density at radius 3 is 2.71 bits per heavy atom. The normalized spacial score (nSPS) is 15.0. The van der Waals surface area contributed by atoms with Crippen molar-refractivity contribution in [1.82, 2.24) is 15.5 Å². The molecule has 1 aliphatic rings. The second kappa shape index (κ2) is 6.13. The van der Waals surface area contributed by atoms with Gasteiger partial charge in [-0.1, -0.05) is 13.8 Å². The minimum atomic E-state index is 0.0912. The average Bonchev–Trinajstić information content (AvgIpc) is 3.02. The molecule has 21 heavy (non-hydrogen) atoms. The molecule has 0 spiro atoms. The summed E-state index contributed by atoms with van der Waals surface area (Å²) in [6.45, 7) is 6.14. The van der Waals surface area contributed by atoms with Gasteiger partial charge in [-0.25, -0.2) is 0 Å². The maximum atomic E-state index is 5.79. The molecule has 1 atom stereocenters. The summed E-state index contributed by atoms with van der Waals surface area (Å²) >= 11 is 0. The van der Waals surface area contributed by atoms with Crippen molar-refractivity contribution < 1.29 is 13.9 Å². The van der Waals surface area contributed by atoms with Gasteiger partial charge in [-0.05, 0) is 31.2 Å². The molecule has 1 N–H and O–H groups in total. The Morgan fingerprint density at radius 1 is 1.14 bits per heavy atom. The molecule has 1 unspecified atom stereocenters. The van der Waals surface area contributed by atoms with Gasteiger partial charge in [-0.2, -0.15) is 0 Å². The average molecular weight is 289 g/mol. The molecule has 1 aromatic heterocycles. The minimum absolute atomic E-state index is 0.0912. The molecule has 0 saturated heterocycles. The van der Waals surface area contributed by atoms with E-state index in [1.165, 1.54) is 0 Å². The number of rotatable bonds is 5. The predicted molar refractivity (Wildman–Crippen MR) is 77.4 cm³/mol. The van der Waals surface area contributed by atoms with E-state index in [0.717, 1.165) is 30.0 Å². The molecule has 0 aliphatic carbocycles. The van der Waals surface area contributed by atoms with Crippen molar-refractivity contribution in [1.29, 1.82) is 0 Å². The lowest BCUT2D eigenvalue weighted by Crippen LogP contribution is -2.20. The summed E-state index contributed by atoms with van der Waals surface area (Å²) in [6.07, 6.45) is 0.899. The lowest BCUT2D eigenvalue weighted by molar-refractivity contribution is 0.171. The quantitative estimate of drug-likeness (QED) is 0.912. The first-order chi connectivity index (χ1) is 10.3. The van der Waals surface area contributed by atoms with Gasteiger partial charge in [0.05, 0.1) is 6.04 Å². The van der Waals surface area contributed by atoms with Gasteiger partial charge in [0, 0.05) is 5.56 Å². The molecule has 1 aromatic carbocycles. The molecule has 0 saturated carbocycles. The van der Waals surface area contributed by atoms with E-state index in [9.17, 15) is 0 Å². The Balaban J connectivity index is 1.85. The molecule has 0 fully saturated rings. The van der Waals surface area contributed by atoms with Crippen molar-refractivity contribution in [2.45, 2.75) is 26.3 Å². The summed E-state index contributed by atoms with van der Waals surface area (Å²) in [5.74, 6) is 2.59. The lowest BCUT2D eigenvalue weighted by Gasteiger charge is -2.18. The molecule has 0 radical (unpaired) electrons. The van der Waals surface area contributed by atoms with E-state index in [1.807, 2.05) is 18.2 Å². The fourth-order valence-corrected chi connectivity index (χ4v) is 2.32. The van der Waals surface area contributed by atoms with Gasteiger partial charge < -0.3 is 19.2 Å². The number of hydrogen-bond donors (Lipinski definition) is 1. The van der Waals surface area contributed by atoms with Crippen LogP contribution in [0, 0.1) is 0 Å². The first kappa shape index (κ1) is 13.9. The number of ether oxygens (including phenoxy) is 2. The van der Waals surface area contributed by atoms with Crippen LogP contribution in [0.1, 0.15) is 32.2 Å². The number of aromatic nitrogens is 2. The van der Waals surface area contributed by atoms with Gasteiger partial charge in [0.2, 0.25) is 11.8 Å². The van der Waals surface area contributed by atoms with Gasteiger partial charge in [-0.3, -0.25) is 0 Å². The smallest absolute Gasteiger partial charge is 0.247 e. The second-order valence-electron chi connectivity index (χ2n) is 4.82. The predicted octanol–water partition coefficient (Wildman–Crippen LogP) is 2.57. The summed E-state index contributed by atoms with van der Waals surface area (Å²) in [6, 6.07) is 5.74. The highest BCUT2D eigenvalue weighted by Gasteiger charge is 2.18. The minimum Gasteiger partial charge on any atom is -0.486 e. The molecule has 6 nitrogen and oxygen atoms in total. The Bertz CT molecular complexity index is 612. The molecule has 0 bridgehead atoms. The molecule has 2 heterocycles. The third kappa shape index (κ3) is 2.85. The third-order valence-corrected chi connectivity index (χ3v) is 3.39. The number of benzene rings is 1. The van der Waals surface area contributed by atoms with E-state index in [-0.39, 0.29) is 6.04 Å². The van der Waals surface area contributed by atoms with E-state index in [4.69, 9.17) is 13.9 Å². The molecule has 6 heteroatoms. The van der Waals surface area contributed by atoms with E-state index < -0.39 is 0 Å². The summed E-state index contributed by atoms with van der Waals surface area (Å²) in [7, 11) is 0. The van der Waals surface area contributed by atoms with E-state index in [1.54, 1.807) is 0 Å². The van der Waals surface area contributed by atoms with Crippen molar-refractivity contribution in [2.24, 2.45) is 0 Å². The Kier molecular flexibility index (Phi) is 4.06. The largest absolute Gasteiger partial charge is 0.486 e. The lowest BCUT2D eigenvalue weighted by atomic mass is 10.2. The van der Waals surface area contributed by atoms with Crippen LogP contribution in [0.5, 0.6) is 11.5 Å². The zero-order chi connectivity index (χ0) is 14.7. The van der Waals surface area contributed by atoms with Crippen LogP contribution in [0.3, 0.4) is 0 Å². The highest BCUT2D eigenvalue weighted by atomic mass is 16.6. The van der Waals surface area contributed by atoms with Gasteiger partial charge >= 0.3 is 0 Å². The van der Waals surface area contributed by atoms with Gasteiger partial charge in [0.25, 0.3) is 0 Å². The number of hydrogen-bond acceptors (Lipinski definition) is 6. The zero-order valence-corrected chi connectivity index (χ0v) is 12.3. The third-order valence-electron chi connectivity index (χ3n) is 3.39. The van der Waals surface area contributed by atoms with Crippen molar-refractivity contribution in [3.05, 3.63) is 24.1 Å². The Hall–Kier alpha value is -2.08. The van der Waals surface area contributed by atoms with Crippen molar-refractivity contribution in [2.75, 3.05) is 19.8 Å². The fraction of sp³-hybridized carbons (Fsp3) is 0.467. The van der Waals surface area contributed by atoms with E-state index in [2.05, 4.69) is 29.4 Å². The van der Waals surface area contributed by atoms with E-state index >= 15 is 0 Å². The van der Waals surface area contributed by atoms with Gasteiger partial charge in [0.15, 0.2) is 11.5 Å². The van der Waals surface area contributed by atoms with Crippen LogP contribution >= 0.6 is 0 Å². The highest BCUT2D eigenvalue weighted by Crippen LogP contribution is 2.34. The van der Waals surface area contributed by atoms with Crippen LogP contribution in [0.4, 0.5) is 0 Å². The molecule has 112 valence electrons. The van der Waals surface area contributed by atoms with Crippen LogP contribution in [0.2, 0.25) is 0 Å². The Morgan fingerprint density at radius 2 is 1.95 bits per heavy atom. The summed E-state index contributed by atoms with van der Waals surface area (Å²) in [5, 5.41) is 11.6. The van der Waals surface area contributed by atoms with Crippen molar-refractivity contribution >= 4 is 0 Å². The van der Waals surface area contributed by atoms with Crippen LogP contribution in [-0.4, -0.2) is 30.0 Å². The molecule has 1 aliphatic heterocycles. The zero-order valence-electron chi connectivity index (χ0n) is 12.3. The molecule has 0 amide bonds. The number of fused-ring (bicyclic) bond motifs is 1. The standard InChI is InChI=1S/C15H19N3O3/c1-3-11(16-4-2)15-18-17-14(21-15)10-5-6-12-13(9-10)20-8-7-19-12/h5-6,9,11,16H,3-4,7-8H2,1-2H3. The summed E-state index contributed by atoms with van der Waals surface area (Å²) in [4.78, 5) is 0. The summed E-state index contributed by atoms with van der Waals surface area (Å²) in [5.41, 5.74) is 0.837. The number of nitrogens with one attached hydrogen (secondary N) is 1. The van der Waals surface area contributed by atoms with Crippen molar-refractivity contribution in [3.8, 4) is 23.0 Å². The Labute approximate surface area is 123 Å². The fourth-order valence-electron chi connectivity index (χ4n) is 2.32. The van der Waals surface area contributed by atoms with Crippen LogP contribution in [0.15, 0.2) is 22.6 Å². The highest BCUT2D eigenvalue weighted by molar-refractivity contribution is 5.59. The SMILES string of the molecule is CCNC(CC)c1nnc(-c2ccc3c(c2)OCCO3)o1. The summed E-state index contributed by atoms with van der Waals surface area (Å²) < 4.78 is 16.9. The second-order valence-corrected chi connectivity index (χ2v) is 4.82. The van der Waals surface area contributed by atoms with Crippen molar-refractivity contribution in [3.63, 3.8) is 0 Å². The first-order valence-electron chi connectivity index (χ1n) is 7.28. The maximum Gasteiger partial charge on any atom is 0.247 e. The first-order valence-corrected chi connectivity index (χ1v) is 7.28. The van der Waals surface area contributed by atoms with Crippen LogP contribution in [-0.2, 0) is 0 Å². The van der Waals surface area contributed by atoms with Crippen LogP contribution < -0.4 is 14.8 Å². The molecule has 3 rings (SSSR count). The molecular formula is C15H19N3O3. The van der Waals surface area contributed by atoms with E-state index in [0.29, 0.717) is 25.0 Å². The van der Waals surface area contributed by atoms with Gasteiger partial charge in [-0.15, -0.1) is 10.2 Å². The molecule has 2 aromatic rings. The molecular weight excluding hydrogens is 270 g/mol. The topological polar surface area (TPSA) is 69.4 Å². The maximum absolute atomic E-state index is 5.79. The monoisotopic (exact) mass is 289 g/mol. The number of nitrogens with zero attached hydrogens (tertiary/aromatic N) is 2.